The first-order chi connectivity index (χ1) is 9.43. The molecular formula is C14H20O6. The zero-order chi connectivity index (χ0) is 15.1. The number of esters is 2. The van der Waals surface area contributed by atoms with Crippen molar-refractivity contribution in [1.82, 2.24) is 0 Å². The standard InChI is InChI=1S/C14H20O6/c1-3-5-13(17)20-12-8-10(15)6-4-7-11(16)14(18)19-9(12)2/h3,5,9,11-12,16H,4,6-8H2,1-2H3/b5-3+/t9-,11-,12-/m1/s1. The average molecular weight is 284 g/mol. The zero-order valence-electron chi connectivity index (χ0n) is 11.7. The molecule has 3 atom stereocenters. The molecule has 6 heteroatoms. The first kappa shape index (κ1) is 16.4. The third-order valence-corrected chi connectivity index (χ3v) is 3.03. The molecule has 112 valence electrons. The summed E-state index contributed by atoms with van der Waals surface area (Å²) in [6.45, 7) is 3.20. The highest BCUT2D eigenvalue weighted by Crippen LogP contribution is 2.16. The minimum Gasteiger partial charge on any atom is -0.457 e. The Morgan fingerprint density at radius 1 is 1.45 bits per heavy atom. The minimum atomic E-state index is -1.24. The van der Waals surface area contributed by atoms with E-state index < -0.39 is 30.3 Å². The number of cyclic esters (lactones) is 1. The van der Waals surface area contributed by atoms with Gasteiger partial charge in [-0.3, -0.25) is 4.79 Å². The molecule has 1 N–H and O–H groups in total. The number of aliphatic hydroxyl groups excluding tert-OH is 1. The van der Waals surface area contributed by atoms with E-state index >= 15 is 0 Å². The van der Waals surface area contributed by atoms with E-state index in [2.05, 4.69) is 0 Å². The van der Waals surface area contributed by atoms with Crippen LogP contribution in [-0.4, -0.2) is 41.1 Å². The smallest absolute Gasteiger partial charge is 0.335 e. The van der Waals surface area contributed by atoms with Crippen LogP contribution in [0.1, 0.15) is 39.5 Å². The van der Waals surface area contributed by atoms with Crippen LogP contribution in [0.4, 0.5) is 0 Å². The van der Waals surface area contributed by atoms with Crippen LogP contribution in [0.5, 0.6) is 0 Å². The number of ether oxygens (including phenoxy) is 2. The summed E-state index contributed by atoms with van der Waals surface area (Å²) >= 11 is 0. The van der Waals surface area contributed by atoms with Crippen molar-refractivity contribution in [2.24, 2.45) is 0 Å². The molecule has 1 rings (SSSR count). The van der Waals surface area contributed by atoms with Crippen LogP contribution in [-0.2, 0) is 23.9 Å². The summed E-state index contributed by atoms with van der Waals surface area (Å²) in [6, 6.07) is 0. The average Bonchev–Trinajstić information content (AvgIpc) is 2.36. The van der Waals surface area contributed by atoms with Gasteiger partial charge in [-0.15, -0.1) is 0 Å². The topological polar surface area (TPSA) is 89.9 Å². The molecule has 0 unspecified atom stereocenters. The van der Waals surface area contributed by atoms with Crippen LogP contribution in [0, 0.1) is 0 Å². The normalized spacial score (nSPS) is 29.1. The van der Waals surface area contributed by atoms with Crippen LogP contribution in [0.15, 0.2) is 12.2 Å². The highest BCUT2D eigenvalue weighted by molar-refractivity contribution is 5.83. The van der Waals surface area contributed by atoms with Crippen LogP contribution in [0.2, 0.25) is 0 Å². The van der Waals surface area contributed by atoms with Gasteiger partial charge in [0.15, 0.2) is 6.10 Å². The molecule has 6 nitrogen and oxygen atoms in total. The van der Waals surface area contributed by atoms with Crippen molar-refractivity contribution < 1.29 is 29.0 Å². The molecule has 0 amide bonds. The molecule has 1 saturated heterocycles. The van der Waals surface area contributed by atoms with Crippen molar-refractivity contribution in [3.63, 3.8) is 0 Å². The van der Waals surface area contributed by atoms with Crippen LogP contribution < -0.4 is 0 Å². The molecule has 0 aromatic rings. The number of hydrogen-bond donors (Lipinski definition) is 1. The van der Waals surface area contributed by atoms with Crippen molar-refractivity contribution in [2.45, 2.75) is 57.8 Å². The van der Waals surface area contributed by atoms with Gasteiger partial charge in [0.2, 0.25) is 0 Å². The number of allylic oxidation sites excluding steroid dienone is 1. The van der Waals surface area contributed by atoms with Gasteiger partial charge in [0.25, 0.3) is 0 Å². The van der Waals surface area contributed by atoms with E-state index in [1.807, 2.05) is 0 Å². The Kier molecular flexibility index (Phi) is 6.38. The highest BCUT2D eigenvalue weighted by atomic mass is 16.6. The SMILES string of the molecule is C/C=C/C(=O)O[C@@H]1CC(=O)CCC[C@@H](O)C(=O)O[C@@H]1C. The Bertz CT molecular complexity index is 400. The molecule has 0 saturated carbocycles. The number of aliphatic hydroxyl groups is 1. The van der Waals surface area contributed by atoms with Gasteiger partial charge in [0, 0.05) is 18.9 Å². The fraction of sp³-hybridized carbons (Fsp3) is 0.643. The summed E-state index contributed by atoms with van der Waals surface area (Å²) in [7, 11) is 0. The van der Waals surface area contributed by atoms with Gasteiger partial charge in [-0.2, -0.15) is 0 Å². The quantitative estimate of drug-likeness (QED) is 0.599. The van der Waals surface area contributed by atoms with Crippen molar-refractivity contribution >= 4 is 17.7 Å². The molecule has 0 aromatic carbocycles. The maximum atomic E-state index is 11.8. The first-order valence-electron chi connectivity index (χ1n) is 6.67. The Labute approximate surface area is 117 Å². The van der Waals surface area contributed by atoms with Crippen LogP contribution in [0.25, 0.3) is 0 Å². The van der Waals surface area contributed by atoms with E-state index in [9.17, 15) is 19.5 Å². The van der Waals surface area contributed by atoms with Crippen molar-refractivity contribution in [2.75, 3.05) is 0 Å². The van der Waals surface area contributed by atoms with Crippen molar-refractivity contribution in [3.8, 4) is 0 Å². The number of Topliss-reactive ketones (excluding diaryl/α,β-unsaturated/α-hetero) is 1. The molecule has 1 aliphatic rings. The second-order valence-corrected chi connectivity index (χ2v) is 4.77. The Morgan fingerprint density at radius 3 is 2.80 bits per heavy atom. The summed E-state index contributed by atoms with van der Waals surface area (Å²) in [5, 5.41) is 9.55. The summed E-state index contributed by atoms with van der Waals surface area (Å²) in [6.07, 6.45) is 0.739. The van der Waals surface area contributed by atoms with Crippen molar-refractivity contribution in [3.05, 3.63) is 12.2 Å². The predicted molar refractivity (Wildman–Crippen MR) is 69.7 cm³/mol. The molecule has 1 aliphatic heterocycles. The van der Waals surface area contributed by atoms with E-state index in [0.717, 1.165) is 0 Å². The molecule has 0 aromatic heterocycles. The van der Waals surface area contributed by atoms with Gasteiger partial charge >= 0.3 is 11.9 Å². The fourth-order valence-electron chi connectivity index (χ4n) is 1.90. The first-order valence-corrected chi connectivity index (χ1v) is 6.67. The molecular weight excluding hydrogens is 264 g/mol. The fourth-order valence-corrected chi connectivity index (χ4v) is 1.90. The van der Waals surface area contributed by atoms with Crippen molar-refractivity contribution in [1.29, 1.82) is 0 Å². The molecule has 0 radical (unpaired) electrons. The third-order valence-electron chi connectivity index (χ3n) is 3.03. The third kappa shape index (κ3) is 5.13. The lowest BCUT2D eigenvalue weighted by Gasteiger charge is -2.25. The van der Waals surface area contributed by atoms with Crippen LogP contribution >= 0.6 is 0 Å². The van der Waals surface area contributed by atoms with E-state index in [4.69, 9.17) is 9.47 Å². The zero-order valence-corrected chi connectivity index (χ0v) is 11.7. The van der Waals surface area contributed by atoms with Gasteiger partial charge in [-0.25, -0.2) is 9.59 Å². The maximum Gasteiger partial charge on any atom is 0.335 e. The molecule has 1 fully saturated rings. The molecule has 1 heterocycles. The van der Waals surface area contributed by atoms with E-state index in [1.54, 1.807) is 6.92 Å². The lowest BCUT2D eigenvalue weighted by atomic mass is 10.0. The number of carbonyl (C=O) groups is 3. The maximum absolute atomic E-state index is 11.8. The lowest BCUT2D eigenvalue weighted by Crippen LogP contribution is -2.38. The summed E-state index contributed by atoms with van der Waals surface area (Å²) in [5.41, 5.74) is 0. The number of ketones is 1. The highest BCUT2D eigenvalue weighted by Gasteiger charge is 2.30. The summed E-state index contributed by atoms with van der Waals surface area (Å²) in [5.74, 6) is -1.43. The largest absolute Gasteiger partial charge is 0.457 e. The monoisotopic (exact) mass is 284 g/mol. The Hall–Kier alpha value is -1.69. The second kappa shape index (κ2) is 7.79. The van der Waals surface area contributed by atoms with Gasteiger partial charge in [0.05, 0.1) is 0 Å². The minimum absolute atomic E-state index is 0.00777. The van der Waals surface area contributed by atoms with E-state index in [1.165, 1.54) is 19.1 Å². The number of carbonyl (C=O) groups excluding carboxylic acids is 3. The molecule has 20 heavy (non-hydrogen) atoms. The Morgan fingerprint density at radius 2 is 2.15 bits per heavy atom. The Balaban J connectivity index is 2.79. The summed E-state index contributed by atoms with van der Waals surface area (Å²) in [4.78, 5) is 34.8. The van der Waals surface area contributed by atoms with Gasteiger partial charge in [0.1, 0.15) is 18.0 Å². The summed E-state index contributed by atoms with van der Waals surface area (Å²) < 4.78 is 10.2. The van der Waals surface area contributed by atoms with Gasteiger partial charge in [-0.1, -0.05) is 6.08 Å². The van der Waals surface area contributed by atoms with E-state index in [-0.39, 0.29) is 25.0 Å². The van der Waals surface area contributed by atoms with Gasteiger partial charge in [-0.05, 0) is 26.7 Å². The lowest BCUT2D eigenvalue weighted by molar-refractivity contribution is -0.172. The van der Waals surface area contributed by atoms with Gasteiger partial charge < -0.3 is 14.6 Å². The second-order valence-electron chi connectivity index (χ2n) is 4.77. The number of hydrogen-bond acceptors (Lipinski definition) is 6. The predicted octanol–water partition coefficient (Wildman–Crippen LogP) is 0.910. The van der Waals surface area contributed by atoms with Crippen LogP contribution in [0.3, 0.4) is 0 Å². The molecule has 0 spiro atoms. The number of rotatable bonds is 2. The van der Waals surface area contributed by atoms with E-state index in [0.29, 0.717) is 6.42 Å². The molecule has 0 bridgehead atoms. The molecule has 0 aliphatic carbocycles.